The van der Waals surface area contributed by atoms with Gasteiger partial charge in [0.25, 0.3) is 5.91 Å². The number of hydrogen-bond acceptors (Lipinski definition) is 6. The Labute approximate surface area is 214 Å². The van der Waals surface area contributed by atoms with E-state index in [1.807, 2.05) is 30.6 Å². The second-order valence-electron chi connectivity index (χ2n) is 10.3. The molecule has 3 aromatic heterocycles. The van der Waals surface area contributed by atoms with Crippen molar-refractivity contribution in [2.75, 3.05) is 30.4 Å². The number of carbonyl (C=O) groups is 1. The molecule has 2 fully saturated rings. The minimum absolute atomic E-state index is 0.0775. The molecule has 1 aliphatic heterocycles. The monoisotopic (exact) mass is 505 g/mol. The van der Waals surface area contributed by atoms with Gasteiger partial charge in [-0.3, -0.25) is 9.48 Å². The molecule has 194 valence electrons. The maximum Gasteiger partial charge on any atom is 0.261 e. The number of ether oxygens (including phenoxy) is 1. The molecular weight excluding hydrogens is 473 g/mol. The molecule has 0 unspecified atom stereocenters. The number of nitrogens with zero attached hydrogens (tertiary/aromatic N) is 5. The fourth-order valence-electron chi connectivity index (χ4n) is 5.52. The lowest BCUT2D eigenvalue weighted by molar-refractivity contribution is 0.102. The zero-order chi connectivity index (χ0) is 25.8. The largest absolute Gasteiger partial charge is 0.494 e. The molecule has 6 rings (SSSR count). The highest BCUT2D eigenvalue weighted by Crippen LogP contribution is 2.35. The highest BCUT2D eigenvalue weighted by atomic mass is 19.1. The number of pyridine rings is 1. The number of hydrogen-bond donors (Lipinski definition) is 2. The number of anilines is 2. The minimum Gasteiger partial charge on any atom is -0.494 e. The predicted molar refractivity (Wildman–Crippen MR) is 141 cm³/mol. The standard InChI is InChI=1S/C27H32FN7O2/c1-15-12-35-14-21(25(37-4)16(2)26(35)29-15)31-27(36)23-20(28)11-22(19-13-33(3)32-24(19)23)34-9-7-18(8-10-34)30-17-5-6-17/h11-14,17-18,30H,5-10H2,1-4H3,(H,31,36). The summed E-state index contributed by atoms with van der Waals surface area (Å²) in [4.78, 5) is 20.2. The first-order valence-corrected chi connectivity index (χ1v) is 12.8. The van der Waals surface area contributed by atoms with Gasteiger partial charge in [-0.2, -0.15) is 5.10 Å². The van der Waals surface area contributed by atoms with E-state index in [2.05, 4.69) is 25.6 Å². The Morgan fingerprint density at radius 2 is 1.84 bits per heavy atom. The molecule has 9 nitrogen and oxygen atoms in total. The Bertz CT molecular complexity index is 1510. The molecule has 4 aromatic rings. The van der Waals surface area contributed by atoms with E-state index in [4.69, 9.17) is 4.74 Å². The summed E-state index contributed by atoms with van der Waals surface area (Å²) in [6.45, 7) is 5.45. The average molecular weight is 506 g/mol. The van der Waals surface area contributed by atoms with E-state index in [9.17, 15) is 4.79 Å². The van der Waals surface area contributed by atoms with Gasteiger partial charge in [0.05, 0.1) is 18.5 Å². The summed E-state index contributed by atoms with van der Waals surface area (Å²) in [5, 5.41) is 11.8. The number of aromatic nitrogens is 4. The SMILES string of the molecule is COc1c(NC(=O)c2c(F)cc(N3CCC(NC4CC4)CC3)c3cn(C)nc23)cn2cc(C)nc2c1C. The van der Waals surface area contributed by atoms with Crippen LogP contribution >= 0.6 is 0 Å². The molecule has 0 atom stereocenters. The normalized spacial score (nSPS) is 16.6. The Morgan fingerprint density at radius 3 is 2.54 bits per heavy atom. The Balaban J connectivity index is 1.33. The molecule has 1 aliphatic carbocycles. The third kappa shape index (κ3) is 4.29. The summed E-state index contributed by atoms with van der Waals surface area (Å²) in [6.07, 6.45) is 10.0. The number of benzene rings is 1. The van der Waals surface area contributed by atoms with Gasteiger partial charge in [-0.05, 0) is 45.6 Å². The number of rotatable bonds is 6. The van der Waals surface area contributed by atoms with Gasteiger partial charge in [0.15, 0.2) is 5.75 Å². The van der Waals surface area contributed by atoms with Crippen molar-refractivity contribution in [1.82, 2.24) is 24.5 Å². The fraction of sp³-hybridized carbons (Fsp3) is 0.444. The zero-order valence-electron chi connectivity index (χ0n) is 21.6. The van der Waals surface area contributed by atoms with Gasteiger partial charge in [-0.15, -0.1) is 0 Å². The predicted octanol–water partition coefficient (Wildman–Crippen LogP) is 3.96. The van der Waals surface area contributed by atoms with E-state index >= 15 is 4.39 Å². The van der Waals surface area contributed by atoms with Crippen molar-refractivity contribution in [2.45, 2.75) is 51.6 Å². The van der Waals surface area contributed by atoms with Crippen molar-refractivity contribution in [3.63, 3.8) is 0 Å². The third-order valence-corrected chi connectivity index (χ3v) is 7.45. The van der Waals surface area contributed by atoms with Gasteiger partial charge in [0.1, 0.15) is 28.2 Å². The molecule has 2 N–H and O–H groups in total. The number of fused-ring (bicyclic) bond motifs is 2. The van der Waals surface area contributed by atoms with Crippen molar-refractivity contribution in [3.05, 3.63) is 47.3 Å². The Hall–Kier alpha value is -3.66. The van der Waals surface area contributed by atoms with Crippen molar-refractivity contribution in [1.29, 1.82) is 0 Å². The first kappa shape index (κ1) is 23.7. The Morgan fingerprint density at radius 1 is 1.11 bits per heavy atom. The van der Waals surface area contributed by atoms with Crippen LogP contribution in [0.1, 0.15) is 47.3 Å². The highest BCUT2D eigenvalue weighted by Gasteiger charge is 2.29. The van der Waals surface area contributed by atoms with Crippen molar-refractivity contribution in [3.8, 4) is 5.75 Å². The second-order valence-corrected chi connectivity index (χ2v) is 10.3. The summed E-state index contributed by atoms with van der Waals surface area (Å²) in [5.74, 6) is -0.676. The minimum atomic E-state index is -0.591. The van der Waals surface area contributed by atoms with Crippen LogP contribution in [0.3, 0.4) is 0 Å². The number of imidazole rings is 1. The fourth-order valence-corrected chi connectivity index (χ4v) is 5.52. The Kier molecular flexibility index (Phi) is 5.78. The summed E-state index contributed by atoms with van der Waals surface area (Å²) in [5.41, 5.74) is 3.86. The number of amides is 1. The number of nitrogens with one attached hydrogen (secondary N) is 2. The average Bonchev–Trinajstić information content (AvgIpc) is 3.47. The molecule has 1 aromatic carbocycles. The van der Waals surface area contributed by atoms with Crippen LogP contribution < -0.4 is 20.3 Å². The number of carbonyl (C=O) groups excluding carboxylic acids is 1. The first-order chi connectivity index (χ1) is 17.8. The van der Waals surface area contributed by atoms with Gasteiger partial charge < -0.3 is 24.7 Å². The maximum absolute atomic E-state index is 15.7. The molecule has 0 bridgehead atoms. The molecule has 0 spiro atoms. The maximum atomic E-state index is 15.7. The summed E-state index contributed by atoms with van der Waals surface area (Å²) < 4.78 is 24.7. The molecule has 37 heavy (non-hydrogen) atoms. The van der Waals surface area contributed by atoms with Crippen molar-refractivity contribution >= 4 is 33.8 Å². The second kappa shape index (κ2) is 9.02. The summed E-state index contributed by atoms with van der Waals surface area (Å²) in [7, 11) is 3.33. The quantitative estimate of drug-likeness (QED) is 0.413. The number of piperidine rings is 1. The molecule has 1 saturated heterocycles. The smallest absolute Gasteiger partial charge is 0.261 e. The van der Waals surface area contributed by atoms with Gasteiger partial charge in [0, 0.05) is 61.8 Å². The highest BCUT2D eigenvalue weighted by molar-refractivity contribution is 6.14. The van der Waals surface area contributed by atoms with E-state index in [0.717, 1.165) is 53.9 Å². The van der Waals surface area contributed by atoms with Crippen LogP contribution in [0.2, 0.25) is 0 Å². The molecule has 1 saturated carbocycles. The lowest BCUT2D eigenvalue weighted by Crippen LogP contribution is -2.43. The van der Waals surface area contributed by atoms with Crippen LogP contribution in [0.25, 0.3) is 16.6 Å². The van der Waals surface area contributed by atoms with E-state index in [0.29, 0.717) is 29.0 Å². The van der Waals surface area contributed by atoms with E-state index in [-0.39, 0.29) is 5.56 Å². The summed E-state index contributed by atoms with van der Waals surface area (Å²) >= 11 is 0. The van der Waals surface area contributed by atoms with Crippen molar-refractivity contribution in [2.24, 2.45) is 7.05 Å². The molecular formula is C27H32FN7O2. The summed E-state index contributed by atoms with van der Waals surface area (Å²) in [6, 6.07) is 2.68. The lowest BCUT2D eigenvalue weighted by atomic mass is 10.0. The zero-order valence-corrected chi connectivity index (χ0v) is 21.6. The van der Waals surface area contributed by atoms with Crippen LogP contribution in [0.4, 0.5) is 15.8 Å². The van der Waals surface area contributed by atoms with Gasteiger partial charge in [-0.25, -0.2) is 9.37 Å². The van der Waals surface area contributed by atoms with Gasteiger partial charge in [0.2, 0.25) is 0 Å². The van der Waals surface area contributed by atoms with Crippen LogP contribution in [0.15, 0.2) is 24.7 Å². The first-order valence-electron chi connectivity index (χ1n) is 12.8. The van der Waals surface area contributed by atoms with Crippen LogP contribution in [-0.4, -0.2) is 57.4 Å². The lowest BCUT2D eigenvalue weighted by Gasteiger charge is -2.34. The molecule has 4 heterocycles. The molecule has 1 amide bonds. The van der Waals surface area contributed by atoms with Crippen molar-refractivity contribution < 1.29 is 13.9 Å². The number of halogens is 1. The van der Waals surface area contributed by atoms with Gasteiger partial charge >= 0.3 is 0 Å². The topological polar surface area (TPSA) is 88.7 Å². The molecule has 0 radical (unpaired) electrons. The van der Waals surface area contributed by atoms with Crippen LogP contribution in [0, 0.1) is 19.7 Å². The van der Waals surface area contributed by atoms with Gasteiger partial charge in [-0.1, -0.05) is 0 Å². The van der Waals surface area contributed by atoms with Crippen LogP contribution in [0.5, 0.6) is 5.75 Å². The molecule has 2 aliphatic rings. The van der Waals surface area contributed by atoms with E-state index < -0.39 is 11.7 Å². The van der Waals surface area contributed by atoms with E-state index in [1.54, 1.807) is 25.0 Å². The number of methoxy groups -OCH3 is 1. The van der Waals surface area contributed by atoms with E-state index in [1.165, 1.54) is 18.9 Å². The molecule has 10 heteroatoms. The third-order valence-electron chi connectivity index (χ3n) is 7.45. The number of aryl methyl sites for hydroxylation is 3. The van der Waals surface area contributed by atoms with Crippen LogP contribution in [-0.2, 0) is 7.05 Å².